The SMILES string of the molecule is c1ccc2c(c1)OCCC2Nc1cnccn1. The number of para-hydroxylation sites is 1. The summed E-state index contributed by atoms with van der Waals surface area (Å²) in [6, 6.07) is 8.35. The van der Waals surface area contributed by atoms with Crippen molar-refractivity contribution in [2.24, 2.45) is 0 Å². The van der Waals surface area contributed by atoms with E-state index in [1.54, 1.807) is 18.6 Å². The molecular formula is C13H13N3O. The zero-order chi connectivity index (χ0) is 11.5. The maximum Gasteiger partial charge on any atom is 0.144 e. The summed E-state index contributed by atoms with van der Waals surface area (Å²) in [4.78, 5) is 8.28. The van der Waals surface area contributed by atoms with E-state index >= 15 is 0 Å². The standard InChI is InChI=1S/C13H13N3O/c1-2-4-12-10(3-1)11(5-8-17-12)16-13-9-14-6-7-15-13/h1-4,6-7,9,11H,5,8H2,(H,15,16). The lowest BCUT2D eigenvalue weighted by atomic mass is 10.0. The van der Waals surface area contributed by atoms with E-state index in [0.29, 0.717) is 0 Å². The van der Waals surface area contributed by atoms with Gasteiger partial charge in [-0.15, -0.1) is 0 Å². The van der Waals surface area contributed by atoms with Gasteiger partial charge in [0.05, 0.1) is 18.8 Å². The number of aromatic nitrogens is 2. The molecule has 0 amide bonds. The van der Waals surface area contributed by atoms with E-state index in [1.807, 2.05) is 18.2 Å². The molecule has 4 heteroatoms. The Hall–Kier alpha value is -2.10. The average molecular weight is 227 g/mol. The molecule has 1 aliphatic heterocycles. The maximum atomic E-state index is 5.62. The van der Waals surface area contributed by atoms with Crippen LogP contribution < -0.4 is 10.1 Å². The van der Waals surface area contributed by atoms with Crippen LogP contribution in [-0.4, -0.2) is 16.6 Å². The molecule has 0 radical (unpaired) electrons. The Morgan fingerprint density at radius 1 is 1.24 bits per heavy atom. The Labute approximate surface area is 99.7 Å². The lowest BCUT2D eigenvalue weighted by Crippen LogP contribution is -2.20. The fraction of sp³-hybridized carbons (Fsp3) is 0.231. The van der Waals surface area contributed by atoms with Crippen molar-refractivity contribution in [1.82, 2.24) is 9.97 Å². The molecule has 0 fully saturated rings. The van der Waals surface area contributed by atoms with E-state index in [0.717, 1.165) is 24.6 Å². The monoisotopic (exact) mass is 227 g/mol. The van der Waals surface area contributed by atoms with Gasteiger partial charge in [0.2, 0.25) is 0 Å². The summed E-state index contributed by atoms with van der Waals surface area (Å²) >= 11 is 0. The molecule has 0 saturated heterocycles. The lowest BCUT2D eigenvalue weighted by Gasteiger charge is -2.26. The summed E-state index contributed by atoms with van der Waals surface area (Å²) in [5, 5.41) is 3.38. The summed E-state index contributed by atoms with van der Waals surface area (Å²) in [5.41, 5.74) is 1.18. The van der Waals surface area contributed by atoms with Crippen molar-refractivity contribution in [2.75, 3.05) is 11.9 Å². The molecule has 0 spiro atoms. The quantitative estimate of drug-likeness (QED) is 0.855. The number of nitrogens with zero attached hydrogens (tertiary/aromatic N) is 2. The van der Waals surface area contributed by atoms with Crippen molar-refractivity contribution < 1.29 is 4.74 Å². The number of rotatable bonds is 2. The van der Waals surface area contributed by atoms with Crippen molar-refractivity contribution in [3.8, 4) is 5.75 Å². The molecule has 1 atom stereocenters. The van der Waals surface area contributed by atoms with Gasteiger partial charge in [0.15, 0.2) is 0 Å². The number of hydrogen-bond donors (Lipinski definition) is 1. The smallest absolute Gasteiger partial charge is 0.144 e. The molecule has 0 aliphatic carbocycles. The van der Waals surface area contributed by atoms with Gasteiger partial charge < -0.3 is 10.1 Å². The molecule has 0 saturated carbocycles. The van der Waals surface area contributed by atoms with Crippen molar-refractivity contribution in [1.29, 1.82) is 0 Å². The molecule has 2 aromatic rings. The van der Waals surface area contributed by atoms with E-state index < -0.39 is 0 Å². The van der Waals surface area contributed by atoms with Gasteiger partial charge >= 0.3 is 0 Å². The van der Waals surface area contributed by atoms with Crippen LogP contribution in [0.5, 0.6) is 5.75 Å². The van der Waals surface area contributed by atoms with Gasteiger partial charge in [-0.1, -0.05) is 18.2 Å². The number of anilines is 1. The second kappa shape index (κ2) is 4.41. The highest BCUT2D eigenvalue weighted by atomic mass is 16.5. The summed E-state index contributed by atoms with van der Waals surface area (Å²) in [6.45, 7) is 0.731. The normalized spacial score (nSPS) is 18.0. The number of ether oxygens (including phenoxy) is 1. The molecule has 1 N–H and O–H groups in total. The van der Waals surface area contributed by atoms with Gasteiger partial charge in [0.25, 0.3) is 0 Å². The largest absolute Gasteiger partial charge is 0.493 e. The first kappa shape index (κ1) is 10.1. The Balaban J connectivity index is 1.86. The number of nitrogens with one attached hydrogen (secondary N) is 1. The zero-order valence-corrected chi connectivity index (χ0v) is 9.34. The van der Waals surface area contributed by atoms with Crippen molar-refractivity contribution >= 4 is 5.82 Å². The first-order chi connectivity index (χ1) is 8.43. The van der Waals surface area contributed by atoms with Crippen molar-refractivity contribution in [3.05, 3.63) is 48.4 Å². The Kier molecular flexibility index (Phi) is 2.62. The number of fused-ring (bicyclic) bond motifs is 1. The fourth-order valence-corrected chi connectivity index (χ4v) is 2.04. The van der Waals surface area contributed by atoms with E-state index in [2.05, 4.69) is 21.4 Å². The molecule has 17 heavy (non-hydrogen) atoms. The molecule has 3 rings (SSSR count). The summed E-state index contributed by atoms with van der Waals surface area (Å²) in [5.74, 6) is 1.76. The van der Waals surface area contributed by atoms with Crippen LogP contribution >= 0.6 is 0 Å². The van der Waals surface area contributed by atoms with Gasteiger partial charge in [0, 0.05) is 24.4 Å². The molecule has 1 aromatic carbocycles. The Bertz CT molecular complexity index is 501. The zero-order valence-electron chi connectivity index (χ0n) is 9.34. The minimum atomic E-state index is 0.247. The fourth-order valence-electron chi connectivity index (χ4n) is 2.04. The van der Waals surface area contributed by atoms with Gasteiger partial charge in [-0.2, -0.15) is 0 Å². The topological polar surface area (TPSA) is 47.0 Å². The minimum absolute atomic E-state index is 0.247. The molecule has 1 unspecified atom stereocenters. The minimum Gasteiger partial charge on any atom is -0.493 e. The highest BCUT2D eigenvalue weighted by molar-refractivity contribution is 5.43. The Morgan fingerprint density at radius 2 is 2.18 bits per heavy atom. The van der Waals surface area contributed by atoms with Crippen LogP contribution in [0.15, 0.2) is 42.9 Å². The van der Waals surface area contributed by atoms with E-state index in [1.165, 1.54) is 5.56 Å². The van der Waals surface area contributed by atoms with E-state index in [-0.39, 0.29) is 6.04 Å². The molecule has 1 aliphatic rings. The van der Waals surface area contributed by atoms with Crippen LogP contribution in [-0.2, 0) is 0 Å². The van der Waals surface area contributed by atoms with Crippen LogP contribution in [0.2, 0.25) is 0 Å². The molecule has 86 valence electrons. The van der Waals surface area contributed by atoms with E-state index in [4.69, 9.17) is 4.74 Å². The number of benzene rings is 1. The van der Waals surface area contributed by atoms with Crippen LogP contribution in [0.4, 0.5) is 5.82 Å². The van der Waals surface area contributed by atoms with Crippen molar-refractivity contribution in [2.45, 2.75) is 12.5 Å². The summed E-state index contributed by atoms with van der Waals surface area (Å²) < 4.78 is 5.62. The van der Waals surface area contributed by atoms with Crippen molar-refractivity contribution in [3.63, 3.8) is 0 Å². The predicted octanol–water partition coefficient (Wildman–Crippen LogP) is 2.41. The molecule has 2 heterocycles. The predicted molar refractivity (Wildman–Crippen MR) is 64.9 cm³/mol. The number of hydrogen-bond acceptors (Lipinski definition) is 4. The average Bonchev–Trinajstić information content (AvgIpc) is 2.40. The van der Waals surface area contributed by atoms with Crippen LogP contribution in [0, 0.1) is 0 Å². The van der Waals surface area contributed by atoms with Crippen LogP contribution in [0.3, 0.4) is 0 Å². The highest BCUT2D eigenvalue weighted by Crippen LogP contribution is 2.33. The Morgan fingerprint density at radius 3 is 3.06 bits per heavy atom. The molecular weight excluding hydrogens is 214 g/mol. The van der Waals surface area contributed by atoms with Gasteiger partial charge in [0.1, 0.15) is 11.6 Å². The molecule has 4 nitrogen and oxygen atoms in total. The summed E-state index contributed by atoms with van der Waals surface area (Å²) in [6.07, 6.45) is 6.03. The second-order valence-corrected chi connectivity index (χ2v) is 3.96. The van der Waals surface area contributed by atoms with Gasteiger partial charge in [-0.05, 0) is 6.07 Å². The first-order valence-corrected chi connectivity index (χ1v) is 5.68. The maximum absolute atomic E-state index is 5.62. The third-order valence-corrected chi connectivity index (χ3v) is 2.84. The van der Waals surface area contributed by atoms with E-state index in [9.17, 15) is 0 Å². The summed E-state index contributed by atoms with van der Waals surface area (Å²) in [7, 11) is 0. The van der Waals surface area contributed by atoms with Gasteiger partial charge in [-0.25, -0.2) is 4.98 Å². The third-order valence-electron chi connectivity index (χ3n) is 2.84. The molecule has 1 aromatic heterocycles. The van der Waals surface area contributed by atoms with Crippen LogP contribution in [0.25, 0.3) is 0 Å². The second-order valence-electron chi connectivity index (χ2n) is 3.96. The lowest BCUT2D eigenvalue weighted by molar-refractivity contribution is 0.274. The molecule has 0 bridgehead atoms. The first-order valence-electron chi connectivity index (χ1n) is 5.68. The third kappa shape index (κ3) is 2.06. The highest BCUT2D eigenvalue weighted by Gasteiger charge is 2.20. The van der Waals surface area contributed by atoms with Gasteiger partial charge in [-0.3, -0.25) is 4.98 Å². The van der Waals surface area contributed by atoms with Crippen LogP contribution in [0.1, 0.15) is 18.0 Å².